The summed E-state index contributed by atoms with van der Waals surface area (Å²) < 4.78 is 0. The van der Waals surface area contributed by atoms with Gasteiger partial charge in [0.15, 0.2) is 0 Å². The molecule has 0 aliphatic carbocycles. The van der Waals surface area contributed by atoms with Crippen LogP contribution in [0.2, 0.25) is 0 Å². The second-order valence-corrected chi connectivity index (χ2v) is 6.05. The predicted molar refractivity (Wildman–Crippen MR) is 74.7 cm³/mol. The van der Waals surface area contributed by atoms with Crippen molar-refractivity contribution < 1.29 is 4.79 Å². The predicted octanol–water partition coefficient (Wildman–Crippen LogP) is 1.05. The highest BCUT2D eigenvalue weighted by Gasteiger charge is 2.22. The first-order chi connectivity index (χ1) is 8.63. The van der Waals surface area contributed by atoms with E-state index in [1.165, 1.54) is 4.88 Å². The Hall–Kier alpha value is -0.910. The number of amides is 1. The summed E-state index contributed by atoms with van der Waals surface area (Å²) in [4.78, 5) is 15.3. The van der Waals surface area contributed by atoms with Crippen molar-refractivity contribution >= 4 is 17.2 Å². The zero-order valence-corrected chi connectivity index (χ0v) is 11.8. The fourth-order valence-electron chi connectivity index (χ4n) is 2.43. The number of hydrogen-bond acceptors (Lipinski definition) is 4. The average Bonchev–Trinajstić information content (AvgIpc) is 2.77. The molecule has 1 aliphatic rings. The van der Waals surface area contributed by atoms with Gasteiger partial charge < -0.3 is 10.6 Å². The average molecular weight is 267 g/mol. The number of nitrogens with zero attached hydrogens (tertiary/aromatic N) is 1. The number of thiophene rings is 1. The zero-order chi connectivity index (χ0) is 13.0. The van der Waals surface area contributed by atoms with Gasteiger partial charge >= 0.3 is 0 Å². The number of hydrogen-bond donors (Lipinski definition) is 2. The summed E-state index contributed by atoms with van der Waals surface area (Å²) in [5, 5.41) is 8.47. The number of nitrogens with one attached hydrogen (secondary N) is 2. The van der Waals surface area contributed by atoms with Gasteiger partial charge in [-0.15, -0.1) is 11.3 Å². The third kappa shape index (κ3) is 4.08. The molecule has 2 N–H and O–H groups in total. The summed E-state index contributed by atoms with van der Waals surface area (Å²) in [6.07, 6.45) is 0. The molecule has 1 aromatic heterocycles. The van der Waals surface area contributed by atoms with Gasteiger partial charge in [-0.2, -0.15) is 0 Å². The van der Waals surface area contributed by atoms with Crippen molar-refractivity contribution in [2.24, 2.45) is 0 Å². The molecule has 4 nitrogen and oxygen atoms in total. The highest BCUT2D eigenvalue weighted by molar-refractivity contribution is 7.09. The van der Waals surface area contributed by atoms with Crippen LogP contribution < -0.4 is 10.6 Å². The van der Waals surface area contributed by atoms with Gasteiger partial charge in [0.25, 0.3) is 0 Å². The monoisotopic (exact) mass is 267 g/mol. The molecular formula is C13H21N3OS. The zero-order valence-electron chi connectivity index (χ0n) is 11.0. The van der Waals surface area contributed by atoms with Crippen molar-refractivity contribution in [3.63, 3.8) is 0 Å². The molecule has 2 heterocycles. The van der Waals surface area contributed by atoms with Crippen LogP contribution in [0.3, 0.4) is 0 Å². The molecule has 5 heteroatoms. The van der Waals surface area contributed by atoms with Gasteiger partial charge in [0.2, 0.25) is 5.91 Å². The number of carbonyl (C=O) groups excluding carboxylic acids is 1. The molecule has 0 bridgehead atoms. The molecule has 0 radical (unpaired) electrons. The second-order valence-electron chi connectivity index (χ2n) is 5.02. The summed E-state index contributed by atoms with van der Waals surface area (Å²) in [5.74, 6) is 0.115. The van der Waals surface area contributed by atoms with E-state index in [0.29, 0.717) is 25.2 Å². The molecule has 1 saturated heterocycles. The molecule has 18 heavy (non-hydrogen) atoms. The Morgan fingerprint density at radius 2 is 2.22 bits per heavy atom. The molecule has 1 amide bonds. The Labute approximate surface area is 112 Å². The van der Waals surface area contributed by atoms with Gasteiger partial charge in [0.05, 0.1) is 13.1 Å². The van der Waals surface area contributed by atoms with E-state index >= 15 is 0 Å². The van der Waals surface area contributed by atoms with E-state index in [0.717, 1.165) is 13.1 Å². The van der Waals surface area contributed by atoms with E-state index in [4.69, 9.17) is 0 Å². The van der Waals surface area contributed by atoms with Gasteiger partial charge in [-0.1, -0.05) is 6.07 Å². The van der Waals surface area contributed by atoms with Gasteiger partial charge in [-0.05, 0) is 25.3 Å². The van der Waals surface area contributed by atoms with Crippen LogP contribution >= 0.6 is 11.3 Å². The Bertz CT molecular complexity index is 370. The van der Waals surface area contributed by atoms with Crippen LogP contribution in [0.5, 0.6) is 0 Å². The van der Waals surface area contributed by atoms with E-state index in [2.05, 4.69) is 29.4 Å². The fourth-order valence-corrected chi connectivity index (χ4v) is 3.07. The Morgan fingerprint density at radius 3 is 2.83 bits per heavy atom. The lowest BCUT2D eigenvalue weighted by Crippen LogP contribution is -2.55. The molecule has 100 valence electrons. The maximum Gasteiger partial charge on any atom is 0.234 e. The van der Waals surface area contributed by atoms with E-state index in [9.17, 15) is 4.79 Å². The minimum Gasteiger partial charge on any atom is -0.350 e. The van der Waals surface area contributed by atoms with Crippen molar-refractivity contribution in [1.29, 1.82) is 0 Å². The second kappa shape index (κ2) is 6.31. The van der Waals surface area contributed by atoms with E-state index in [1.807, 2.05) is 17.5 Å². The number of piperazine rings is 1. The van der Waals surface area contributed by atoms with Crippen LogP contribution in [-0.4, -0.2) is 42.5 Å². The lowest BCUT2D eigenvalue weighted by Gasteiger charge is -2.35. The van der Waals surface area contributed by atoms with Gasteiger partial charge in [-0.25, -0.2) is 0 Å². The van der Waals surface area contributed by atoms with Crippen LogP contribution in [0.4, 0.5) is 0 Å². The number of rotatable bonds is 4. The molecule has 1 aliphatic heterocycles. The summed E-state index contributed by atoms with van der Waals surface area (Å²) in [6, 6.07) is 4.96. The van der Waals surface area contributed by atoms with E-state index in [1.54, 1.807) is 11.3 Å². The maximum atomic E-state index is 11.9. The fraction of sp³-hybridized carbons (Fsp3) is 0.615. The van der Waals surface area contributed by atoms with Crippen LogP contribution in [0.15, 0.2) is 17.5 Å². The van der Waals surface area contributed by atoms with Crippen molar-refractivity contribution in [1.82, 2.24) is 15.5 Å². The lowest BCUT2D eigenvalue weighted by atomic mass is 10.1. The number of carbonyl (C=O) groups is 1. The van der Waals surface area contributed by atoms with E-state index < -0.39 is 0 Å². The quantitative estimate of drug-likeness (QED) is 0.857. The highest BCUT2D eigenvalue weighted by atomic mass is 32.1. The molecule has 0 aromatic carbocycles. The molecule has 2 atom stereocenters. The third-order valence-electron chi connectivity index (χ3n) is 3.04. The largest absolute Gasteiger partial charge is 0.350 e. The van der Waals surface area contributed by atoms with Crippen LogP contribution in [0.25, 0.3) is 0 Å². The summed E-state index contributed by atoms with van der Waals surface area (Å²) in [7, 11) is 0. The molecule has 1 fully saturated rings. The molecule has 2 unspecified atom stereocenters. The highest BCUT2D eigenvalue weighted by Crippen LogP contribution is 2.07. The lowest BCUT2D eigenvalue weighted by molar-refractivity contribution is -0.122. The van der Waals surface area contributed by atoms with Crippen LogP contribution in [-0.2, 0) is 11.3 Å². The van der Waals surface area contributed by atoms with E-state index in [-0.39, 0.29) is 5.91 Å². The maximum absolute atomic E-state index is 11.9. The molecule has 0 spiro atoms. The van der Waals surface area contributed by atoms with Gasteiger partial charge in [0, 0.05) is 30.1 Å². The van der Waals surface area contributed by atoms with Crippen molar-refractivity contribution in [2.45, 2.75) is 32.5 Å². The minimum atomic E-state index is 0.115. The molecule has 0 saturated carbocycles. The normalized spacial score (nSPS) is 25.0. The van der Waals surface area contributed by atoms with Crippen LogP contribution in [0.1, 0.15) is 18.7 Å². The molecular weight excluding hydrogens is 246 g/mol. The van der Waals surface area contributed by atoms with Crippen LogP contribution in [0, 0.1) is 0 Å². The van der Waals surface area contributed by atoms with Crippen molar-refractivity contribution in [3.05, 3.63) is 22.4 Å². The Balaban J connectivity index is 1.73. The first-order valence-corrected chi connectivity index (χ1v) is 7.29. The SMILES string of the molecule is CC1CN(CC(=O)NCc2cccs2)CC(C)N1. The molecule has 2 rings (SSSR count). The van der Waals surface area contributed by atoms with Crippen molar-refractivity contribution in [2.75, 3.05) is 19.6 Å². The topological polar surface area (TPSA) is 44.4 Å². The van der Waals surface area contributed by atoms with Crippen molar-refractivity contribution in [3.8, 4) is 0 Å². The Morgan fingerprint density at radius 1 is 1.50 bits per heavy atom. The Kier molecular flexibility index (Phi) is 4.74. The molecule has 1 aromatic rings. The van der Waals surface area contributed by atoms with Gasteiger partial charge in [0.1, 0.15) is 0 Å². The first kappa shape index (κ1) is 13.5. The summed E-state index contributed by atoms with van der Waals surface area (Å²) >= 11 is 1.67. The smallest absolute Gasteiger partial charge is 0.234 e. The third-order valence-corrected chi connectivity index (χ3v) is 3.92. The minimum absolute atomic E-state index is 0.115. The first-order valence-electron chi connectivity index (χ1n) is 6.41. The summed E-state index contributed by atoms with van der Waals surface area (Å²) in [5.41, 5.74) is 0. The standard InChI is InChI=1S/C13H21N3OS/c1-10-7-16(8-11(2)15-10)9-13(17)14-6-12-4-3-5-18-12/h3-5,10-11,15H,6-9H2,1-2H3,(H,14,17). The van der Waals surface area contributed by atoms with Gasteiger partial charge in [-0.3, -0.25) is 9.69 Å². The summed E-state index contributed by atoms with van der Waals surface area (Å²) in [6.45, 7) is 7.35.